The van der Waals surface area contributed by atoms with Gasteiger partial charge in [0.05, 0.1) is 13.2 Å². The van der Waals surface area contributed by atoms with Crippen molar-refractivity contribution in [1.82, 2.24) is 29.7 Å². The molecule has 3 aliphatic heterocycles. The van der Waals surface area contributed by atoms with Crippen LogP contribution in [0.5, 0.6) is 0 Å². The van der Waals surface area contributed by atoms with Crippen molar-refractivity contribution in [1.29, 1.82) is 0 Å². The molecule has 0 aliphatic carbocycles. The van der Waals surface area contributed by atoms with Gasteiger partial charge < -0.3 is 29.2 Å². The van der Waals surface area contributed by atoms with Gasteiger partial charge in [-0.05, 0) is 127 Å². The van der Waals surface area contributed by atoms with Gasteiger partial charge in [0, 0.05) is 53.9 Å². The van der Waals surface area contributed by atoms with Crippen LogP contribution in [0.1, 0.15) is 113 Å². The van der Waals surface area contributed by atoms with Gasteiger partial charge in [0.15, 0.2) is 0 Å². The van der Waals surface area contributed by atoms with Crippen LogP contribution in [0.25, 0.3) is 0 Å². The molecule has 1 aromatic heterocycles. The second-order valence-corrected chi connectivity index (χ2v) is 16.6. The Morgan fingerprint density at radius 3 is 1.70 bits per heavy atom. The van der Waals surface area contributed by atoms with Crippen molar-refractivity contribution in [2.75, 3.05) is 56.2 Å². The van der Waals surface area contributed by atoms with Crippen molar-refractivity contribution >= 4 is 11.9 Å². The van der Waals surface area contributed by atoms with Gasteiger partial charge in [-0.15, -0.1) is 0 Å². The third-order valence-corrected chi connectivity index (χ3v) is 10.9. The summed E-state index contributed by atoms with van der Waals surface area (Å²) in [4.78, 5) is 27.1. The molecular weight excluding hydrogens is 572 g/mol. The highest BCUT2D eigenvalue weighted by Gasteiger charge is 2.46. The van der Waals surface area contributed by atoms with E-state index in [2.05, 4.69) is 100 Å². The molecule has 9 nitrogen and oxygen atoms in total. The molecule has 3 fully saturated rings. The standard InChI is InChI=1S/C37H66N8O/c1-13-44-34(4,5)25-30(26-35(44,6)7)41(12)19-17-15-16-18-20-43(31-27-36(8,9)45(14-2)37(10,11)28-31)33-39-29(3)38-32(40-33)42-21-23-46-24-22-42/h13-14,30-31H,1-2,15-28H2,3-12H3. The van der Waals surface area contributed by atoms with Gasteiger partial charge in [-0.2, -0.15) is 15.0 Å². The fourth-order valence-electron chi connectivity index (χ4n) is 9.12. The number of nitrogens with zero attached hydrogens (tertiary/aromatic N) is 8. The zero-order valence-electron chi connectivity index (χ0n) is 31.1. The van der Waals surface area contributed by atoms with Gasteiger partial charge in [0.2, 0.25) is 11.9 Å². The Hall–Kier alpha value is -2.39. The lowest BCUT2D eigenvalue weighted by atomic mass is 9.76. The molecular formula is C37H66N8O. The number of likely N-dealkylation sites (tertiary alicyclic amines) is 2. The van der Waals surface area contributed by atoms with Crippen molar-refractivity contribution in [3.05, 3.63) is 31.4 Å². The van der Waals surface area contributed by atoms with Crippen molar-refractivity contribution in [3.8, 4) is 0 Å². The van der Waals surface area contributed by atoms with Crippen molar-refractivity contribution in [3.63, 3.8) is 0 Å². The largest absolute Gasteiger partial charge is 0.378 e. The minimum Gasteiger partial charge on any atom is -0.378 e. The number of piperidine rings is 2. The molecule has 3 saturated heterocycles. The summed E-state index contributed by atoms with van der Waals surface area (Å²) in [5.41, 5.74) is 0.200. The van der Waals surface area contributed by atoms with E-state index in [9.17, 15) is 0 Å². The van der Waals surface area contributed by atoms with Gasteiger partial charge in [-0.25, -0.2) is 0 Å². The van der Waals surface area contributed by atoms with Crippen LogP contribution in [0, 0.1) is 6.92 Å². The van der Waals surface area contributed by atoms with Gasteiger partial charge in [0.25, 0.3) is 0 Å². The van der Waals surface area contributed by atoms with E-state index in [1.54, 1.807) is 0 Å². The number of aryl methyl sites for hydroxylation is 1. The van der Waals surface area contributed by atoms with Crippen molar-refractivity contribution in [2.24, 2.45) is 0 Å². The molecule has 46 heavy (non-hydrogen) atoms. The maximum absolute atomic E-state index is 5.61. The average Bonchev–Trinajstić information content (AvgIpc) is 2.94. The monoisotopic (exact) mass is 639 g/mol. The first-order valence-corrected chi connectivity index (χ1v) is 17.9. The highest BCUT2D eigenvalue weighted by Crippen LogP contribution is 2.42. The molecule has 0 spiro atoms. The highest BCUT2D eigenvalue weighted by atomic mass is 16.5. The van der Waals surface area contributed by atoms with Crippen molar-refractivity contribution < 1.29 is 4.74 Å². The molecule has 0 N–H and O–H groups in total. The first kappa shape index (κ1) is 36.4. The first-order valence-electron chi connectivity index (χ1n) is 17.9. The molecule has 1 aromatic rings. The molecule has 0 atom stereocenters. The van der Waals surface area contributed by atoms with E-state index in [0.29, 0.717) is 25.3 Å². The number of morpholine rings is 1. The van der Waals surface area contributed by atoms with E-state index in [-0.39, 0.29) is 22.2 Å². The summed E-state index contributed by atoms with van der Waals surface area (Å²) in [5, 5.41) is 0. The van der Waals surface area contributed by atoms with E-state index in [1.807, 2.05) is 19.3 Å². The van der Waals surface area contributed by atoms with Crippen LogP contribution < -0.4 is 9.80 Å². The maximum atomic E-state index is 5.61. The lowest BCUT2D eigenvalue weighted by molar-refractivity contribution is -0.0261. The minimum absolute atomic E-state index is 0.0168. The zero-order chi connectivity index (χ0) is 33.9. The van der Waals surface area contributed by atoms with Crippen LogP contribution in [-0.2, 0) is 4.74 Å². The molecule has 0 amide bonds. The first-order chi connectivity index (χ1) is 21.5. The normalized spacial score (nSPS) is 23.1. The lowest BCUT2D eigenvalue weighted by Crippen LogP contribution is -2.62. The lowest BCUT2D eigenvalue weighted by Gasteiger charge is -2.57. The van der Waals surface area contributed by atoms with E-state index in [0.717, 1.165) is 63.2 Å². The molecule has 0 aromatic carbocycles. The van der Waals surface area contributed by atoms with E-state index in [4.69, 9.17) is 19.7 Å². The Bertz CT molecular complexity index is 1140. The van der Waals surface area contributed by atoms with Gasteiger partial charge in [-0.1, -0.05) is 26.0 Å². The average molecular weight is 639 g/mol. The van der Waals surface area contributed by atoms with Crippen LogP contribution in [0.3, 0.4) is 0 Å². The second-order valence-electron chi connectivity index (χ2n) is 16.6. The summed E-state index contributed by atoms with van der Waals surface area (Å²) < 4.78 is 5.61. The Morgan fingerprint density at radius 2 is 1.20 bits per heavy atom. The topological polar surface area (TPSA) is 64.1 Å². The minimum atomic E-state index is -0.0168. The Balaban J connectivity index is 1.41. The van der Waals surface area contributed by atoms with E-state index >= 15 is 0 Å². The quantitative estimate of drug-likeness (QED) is 0.221. The number of rotatable bonds is 13. The van der Waals surface area contributed by atoms with E-state index < -0.39 is 0 Å². The van der Waals surface area contributed by atoms with Crippen LogP contribution in [-0.4, -0.2) is 110 Å². The second kappa shape index (κ2) is 14.4. The van der Waals surface area contributed by atoms with Gasteiger partial charge in [0.1, 0.15) is 5.82 Å². The summed E-state index contributed by atoms with van der Waals surface area (Å²) in [7, 11) is 2.33. The molecule has 0 saturated carbocycles. The number of hydrogen-bond acceptors (Lipinski definition) is 9. The van der Waals surface area contributed by atoms with Crippen LogP contribution in [0.15, 0.2) is 25.6 Å². The highest BCUT2D eigenvalue weighted by molar-refractivity contribution is 5.41. The number of aromatic nitrogens is 3. The third kappa shape index (κ3) is 8.36. The predicted molar refractivity (Wildman–Crippen MR) is 192 cm³/mol. The Kier molecular flexibility index (Phi) is 11.4. The third-order valence-electron chi connectivity index (χ3n) is 10.9. The molecule has 0 radical (unpaired) electrons. The fraction of sp³-hybridized carbons (Fsp3) is 0.811. The number of anilines is 2. The summed E-state index contributed by atoms with van der Waals surface area (Å²) in [6.07, 6.45) is 13.3. The molecule has 0 unspecified atom stereocenters. The summed E-state index contributed by atoms with van der Waals surface area (Å²) in [6, 6.07) is 0.928. The molecule has 4 heterocycles. The molecule has 0 bridgehead atoms. The summed E-state index contributed by atoms with van der Waals surface area (Å²) in [6.45, 7) is 34.3. The predicted octanol–water partition coefficient (Wildman–Crippen LogP) is 6.65. The number of hydrogen-bond donors (Lipinski definition) is 0. The summed E-state index contributed by atoms with van der Waals surface area (Å²) in [5.74, 6) is 2.39. The molecule has 260 valence electrons. The van der Waals surface area contributed by atoms with Crippen molar-refractivity contribution in [2.45, 2.75) is 148 Å². The SMILES string of the molecule is C=CN1C(C)(C)CC(N(C)CCCCCCN(c2nc(C)nc(N3CCOCC3)n2)C2CC(C)(C)N(C=C)C(C)(C)C2)CC1(C)C. The Morgan fingerprint density at radius 1 is 0.717 bits per heavy atom. The van der Waals surface area contributed by atoms with E-state index in [1.165, 1.54) is 32.1 Å². The zero-order valence-corrected chi connectivity index (χ0v) is 31.1. The van der Waals surface area contributed by atoms with Crippen LogP contribution in [0.2, 0.25) is 0 Å². The Labute approximate surface area is 281 Å². The fourth-order valence-corrected chi connectivity index (χ4v) is 9.12. The molecule has 9 heteroatoms. The van der Waals surface area contributed by atoms with Gasteiger partial charge in [-0.3, -0.25) is 0 Å². The van der Waals surface area contributed by atoms with Gasteiger partial charge >= 0.3 is 0 Å². The smallest absolute Gasteiger partial charge is 0.230 e. The number of unbranched alkanes of at least 4 members (excludes halogenated alkanes) is 3. The summed E-state index contributed by atoms with van der Waals surface area (Å²) >= 11 is 0. The number of ether oxygens (including phenoxy) is 1. The molecule has 4 rings (SSSR count). The molecule has 3 aliphatic rings. The van der Waals surface area contributed by atoms with Crippen LogP contribution in [0.4, 0.5) is 11.9 Å². The van der Waals surface area contributed by atoms with Crippen LogP contribution >= 0.6 is 0 Å². The maximum Gasteiger partial charge on any atom is 0.230 e.